The zero-order valence-electron chi connectivity index (χ0n) is 27.6. The third-order valence-electron chi connectivity index (χ3n) is 10.5. The minimum absolute atomic E-state index is 0.00971. The summed E-state index contributed by atoms with van der Waals surface area (Å²) in [7, 11) is 0. The molecule has 0 unspecified atom stereocenters. The van der Waals surface area contributed by atoms with E-state index in [4.69, 9.17) is 20.4 Å². The predicted molar refractivity (Wildman–Crippen MR) is 184 cm³/mol. The van der Waals surface area contributed by atoms with Gasteiger partial charge in [-0.2, -0.15) is 0 Å². The molecule has 2 amide bonds. The summed E-state index contributed by atoms with van der Waals surface area (Å²) in [4.78, 5) is 31.3. The van der Waals surface area contributed by atoms with Crippen LogP contribution < -0.4 is 11.1 Å². The number of amides is 2. The number of aromatic nitrogens is 4. The average molecular weight is 671 g/mol. The predicted octanol–water partition coefficient (Wildman–Crippen LogP) is 2.97. The summed E-state index contributed by atoms with van der Waals surface area (Å²) in [6, 6.07) is 21.0. The number of hydrogen-bond donors (Lipinski definition) is 5. The van der Waals surface area contributed by atoms with Crippen molar-refractivity contribution in [2.24, 2.45) is 5.73 Å². The van der Waals surface area contributed by atoms with Gasteiger partial charge in [0, 0.05) is 37.6 Å². The molecule has 4 atom stereocenters. The van der Waals surface area contributed by atoms with Crippen LogP contribution >= 0.6 is 0 Å². The largest absolute Gasteiger partial charge is 0.394 e. The number of primary amides is 1. The fraction of sp³-hybridized carbons (Fsp3) is 0.500. The zero-order valence-corrected chi connectivity index (χ0v) is 27.6. The molecule has 2 aromatic heterocycles. The monoisotopic (exact) mass is 670 g/mol. The summed E-state index contributed by atoms with van der Waals surface area (Å²) in [5.74, 6) is 0.791. The molecule has 7 rings (SSSR count). The van der Waals surface area contributed by atoms with Gasteiger partial charge >= 0.3 is 6.03 Å². The average Bonchev–Trinajstić information content (AvgIpc) is 3.61. The number of nitrogens with two attached hydrogens (primary N) is 1. The summed E-state index contributed by atoms with van der Waals surface area (Å²) < 4.78 is 7.39. The molecule has 1 aliphatic heterocycles. The Morgan fingerprint density at radius 2 is 1.57 bits per heavy atom. The summed E-state index contributed by atoms with van der Waals surface area (Å²) in [5, 5.41) is 34.6. The molecule has 0 spiro atoms. The second kappa shape index (κ2) is 14.8. The number of rotatable bonds is 14. The van der Waals surface area contributed by atoms with Crippen molar-refractivity contribution in [3.8, 4) is 0 Å². The van der Waals surface area contributed by atoms with Crippen LogP contribution in [0.1, 0.15) is 67.6 Å². The highest BCUT2D eigenvalue weighted by Crippen LogP contribution is 2.35. The molecule has 1 saturated heterocycles. The summed E-state index contributed by atoms with van der Waals surface area (Å²) in [6.45, 7) is 1.29. The van der Waals surface area contributed by atoms with E-state index in [0.29, 0.717) is 48.0 Å². The smallest absolute Gasteiger partial charge is 0.315 e. The van der Waals surface area contributed by atoms with E-state index in [-0.39, 0.29) is 12.5 Å². The Morgan fingerprint density at radius 1 is 0.939 bits per heavy atom. The van der Waals surface area contributed by atoms with Crippen molar-refractivity contribution in [3.05, 3.63) is 83.9 Å². The van der Waals surface area contributed by atoms with Gasteiger partial charge in [0.05, 0.1) is 19.5 Å². The van der Waals surface area contributed by atoms with Crippen LogP contribution in [0.2, 0.25) is 0 Å². The Balaban J connectivity index is 1.20. The Hall–Kier alpha value is -4.14. The first-order valence-corrected chi connectivity index (χ1v) is 17.4. The van der Waals surface area contributed by atoms with E-state index in [1.54, 1.807) is 9.47 Å². The van der Waals surface area contributed by atoms with E-state index >= 15 is 0 Å². The number of carbonyl (C=O) groups excluding carboxylic acids is 1. The molecule has 6 N–H and O–H groups in total. The first-order chi connectivity index (χ1) is 23.9. The number of anilines is 1. The van der Waals surface area contributed by atoms with Gasteiger partial charge in [-0.05, 0) is 36.8 Å². The van der Waals surface area contributed by atoms with Crippen molar-refractivity contribution in [2.75, 3.05) is 31.6 Å². The molecule has 0 radical (unpaired) electrons. The van der Waals surface area contributed by atoms with Crippen molar-refractivity contribution in [3.63, 3.8) is 0 Å². The van der Waals surface area contributed by atoms with Crippen LogP contribution in [-0.2, 0) is 11.3 Å². The number of nitrogens with zero attached hydrogens (tertiary/aromatic N) is 6. The number of aliphatic hydroxyl groups is 3. The van der Waals surface area contributed by atoms with Gasteiger partial charge in [0.25, 0.3) is 0 Å². The molecule has 2 aromatic carbocycles. The van der Waals surface area contributed by atoms with Crippen LogP contribution in [-0.4, -0.2) is 107 Å². The Bertz CT molecular complexity index is 1650. The van der Waals surface area contributed by atoms with Gasteiger partial charge in [-0.15, -0.1) is 0 Å². The standard InChI is InChI=1S/C36H46N8O5/c37-36(48)42(17-18-43(25-13-7-14-25)26-15-8-16-26)20-29-40-33(38-19-27(23-9-3-1-4-10-23)24-11-5-2-6-12-24)30-34(41-29)44(22-39-30)35-32(47)31(46)28(21-45)49-35/h1-6,9-12,22,25-28,31-32,35,45-47H,7-8,13-21H2,(H2,37,48)(H,38,40,41)/t28-,31-,32-,35-/m1/s1. The number of fused-ring (bicyclic) bond motifs is 1. The highest BCUT2D eigenvalue weighted by molar-refractivity contribution is 5.83. The van der Waals surface area contributed by atoms with Gasteiger partial charge in [-0.25, -0.2) is 19.7 Å². The molecule has 0 bridgehead atoms. The number of ether oxygens (including phenoxy) is 1. The quantitative estimate of drug-likeness (QED) is 0.134. The molecule has 3 heterocycles. The second-order valence-electron chi connectivity index (χ2n) is 13.5. The lowest BCUT2D eigenvalue weighted by Gasteiger charge is -2.46. The van der Waals surface area contributed by atoms with Crippen molar-refractivity contribution in [2.45, 2.75) is 87.6 Å². The lowest BCUT2D eigenvalue weighted by molar-refractivity contribution is -0.0511. The van der Waals surface area contributed by atoms with Crippen LogP contribution in [0.25, 0.3) is 11.2 Å². The molecule has 2 saturated carbocycles. The van der Waals surface area contributed by atoms with E-state index in [1.807, 2.05) is 36.4 Å². The van der Waals surface area contributed by atoms with Gasteiger partial charge in [-0.1, -0.05) is 73.5 Å². The van der Waals surface area contributed by atoms with E-state index in [1.165, 1.54) is 44.9 Å². The van der Waals surface area contributed by atoms with E-state index in [9.17, 15) is 20.1 Å². The minimum Gasteiger partial charge on any atom is -0.394 e. The minimum atomic E-state index is -1.32. The van der Waals surface area contributed by atoms with E-state index in [2.05, 4.69) is 39.5 Å². The lowest BCUT2D eigenvalue weighted by Crippen LogP contribution is -2.52. The van der Waals surface area contributed by atoms with E-state index in [0.717, 1.165) is 17.7 Å². The van der Waals surface area contributed by atoms with Gasteiger partial charge in [0.15, 0.2) is 29.0 Å². The van der Waals surface area contributed by atoms with Gasteiger partial charge in [0.2, 0.25) is 0 Å². The summed E-state index contributed by atoms with van der Waals surface area (Å²) in [5.41, 5.74) is 9.00. The first-order valence-electron chi connectivity index (χ1n) is 17.4. The summed E-state index contributed by atoms with van der Waals surface area (Å²) >= 11 is 0. The number of hydrogen-bond acceptors (Lipinski definition) is 10. The van der Waals surface area contributed by atoms with Crippen LogP contribution in [0.15, 0.2) is 67.0 Å². The molecule has 13 nitrogen and oxygen atoms in total. The van der Waals surface area contributed by atoms with Crippen LogP contribution in [0.5, 0.6) is 0 Å². The second-order valence-corrected chi connectivity index (χ2v) is 13.5. The van der Waals surface area contributed by atoms with Crippen molar-refractivity contribution in [1.29, 1.82) is 0 Å². The molecule has 260 valence electrons. The number of carbonyl (C=O) groups is 1. The number of benzene rings is 2. The van der Waals surface area contributed by atoms with Gasteiger partial charge in [-0.3, -0.25) is 9.47 Å². The number of aliphatic hydroxyl groups excluding tert-OH is 3. The lowest BCUT2D eigenvalue weighted by atomic mass is 9.84. The zero-order chi connectivity index (χ0) is 33.9. The highest BCUT2D eigenvalue weighted by Gasteiger charge is 2.44. The van der Waals surface area contributed by atoms with Crippen LogP contribution in [0, 0.1) is 0 Å². The maximum Gasteiger partial charge on any atom is 0.315 e. The Labute approximate surface area is 285 Å². The van der Waals surface area contributed by atoms with Crippen molar-refractivity contribution >= 4 is 23.0 Å². The third-order valence-corrected chi connectivity index (χ3v) is 10.5. The Morgan fingerprint density at radius 3 is 2.10 bits per heavy atom. The first kappa shape index (κ1) is 33.4. The molecule has 3 fully saturated rings. The molecule has 49 heavy (non-hydrogen) atoms. The molecular weight excluding hydrogens is 624 g/mol. The number of nitrogens with one attached hydrogen (secondary N) is 1. The van der Waals surface area contributed by atoms with Crippen molar-refractivity contribution in [1.82, 2.24) is 29.3 Å². The highest BCUT2D eigenvalue weighted by atomic mass is 16.6. The fourth-order valence-corrected chi connectivity index (χ4v) is 7.22. The van der Waals surface area contributed by atoms with Crippen molar-refractivity contribution < 1.29 is 24.9 Å². The van der Waals surface area contributed by atoms with Crippen LogP contribution in [0.3, 0.4) is 0 Å². The topological polar surface area (TPSA) is 175 Å². The molecule has 3 aliphatic rings. The third kappa shape index (κ3) is 6.99. The normalized spacial score (nSPS) is 22.8. The molecule has 4 aromatic rings. The summed E-state index contributed by atoms with van der Waals surface area (Å²) in [6.07, 6.45) is 4.14. The van der Waals surface area contributed by atoms with E-state index < -0.39 is 37.2 Å². The van der Waals surface area contributed by atoms with Crippen LogP contribution in [0.4, 0.5) is 10.6 Å². The maximum absolute atomic E-state index is 12.8. The number of imidazole rings is 1. The number of urea groups is 1. The Kier molecular flexibility index (Phi) is 10.1. The molecule has 13 heteroatoms. The molecular formula is C36H46N8O5. The van der Waals surface area contributed by atoms with Gasteiger partial charge in [0.1, 0.15) is 18.3 Å². The van der Waals surface area contributed by atoms with Gasteiger partial charge < -0.3 is 36.0 Å². The molecule has 2 aliphatic carbocycles. The fourth-order valence-electron chi connectivity index (χ4n) is 7.22. The SMILES string of the molecule is NC(=O)N(CCN(C1CCC1)C1CCC1)Cc1nc(NCC(c2ccccc2)c2ccccc2)c2ncn([C@@H]3O[C@H](CO)[C@@H](O)[C@H]3O)c2n1. The maximum atomic E-state index is 12.8.